The lowest BCUT2D eigenvalue weighted by Crippen LogP contribution is -2.38. The van der Waals surface area contributed by atoms with Gasteiger partial charge in [-0.3, -0.25) is 0 Å². The van der Waals surface area contributed by atoms with E-state index in [0.717, 1.165) is 19.0 Å². The second-order valence-electron chi connectivity index (χ2n) is 5.24. The fourth-order valence-electron chi connectivity index (χ4n) is 3.04. The molecule has 1 N–H and O–H groups in total. The van der Waals surface area contributed by atoms with Gasteiger partial charge >= 0.3 is 0 Å². The summed E-state index contributed by atoms with van der Waals surface area (Å²) in [4.78, 5) is 0. The van der Waals surface area contributed by atoms with Gasteiger partial charge in [-0.1, -0.05) is 6.07 Å². The lowest BCUT2D eigenvalue weighted by molar-refractivity contribution is 0.0663. The van der Waals surface area contributed by atoms with Crippen molar-refractivity contribution in [3.8, 4) is 5.75 Å². The maximum atomic E-state index is 5.54. The van der Waals surface area contributed by atoms with Gasteiger partial charge < -0.3 is 14.8 Å². The van der Waals surface area contributed by atoms with Gasteiger partial charge in [0, 0.05) is 18.7 Å². The summed E-state index contributed by atoms with van der Waals surface area (Å²) in [5.74, 6) is 0.961. The number of nitrogens with one attached hydrogen (secondary N) is 1. The van der Waals surface area contributed by atoms with Crippen LogP contribution in [-0.2, 0) is 11.2 Å². The molecule has 0 amide bonds. The minimum atomic E-state index is 0.474. The quantitative estimate of drug-likeness (QED) is 0.890. The van der Waals surface area contributed by atoms with Crippen molar-refractivity contribution in [3.05, 3.63) is 29.3 Å². The molecule has 3 heteroatoms. The number of aryl methyl sites for hydroxylation is 1. The predicted molar refractivity (Wildman–Crippen MR) is 71.0 cm³/mol. The molecule has 3 rings (SSSR count). The lowest BCUT2D eigenvalue weighted by Gasteiger charge is -2.27. The van der Waals surface area contributed by atoms with Crippen LogP contribution in [0.4, 0.5) is 0 Å². The molecule has 3 nitrogen and oxygen atoms in total. The second kappa shape index (κ2) is 5.29. The van der Waals surface area contributed by atoms with Crippen molar-refractivity contribution < 1.29 is 9.47 Å². The van der Waals surface area contributed by atoms with Gasteiger partial charge in [-0.05, 0) is 48.9 Å². The molecule has 2 atom stereocenters. The van der Waals surface area contributed by atoms with Crippen LogP contribution in [0.2, 0.25) is 0 Å². The summed E-state index contributed by atoms with van der Waals surface area (Å²) < 4.78 is 10.9. The second-order valence-corrected chi connectivity index (χ2v) is 5.24. The van der Waals surface area contributed by atoms with Gasteiger partial charge in [0.2, 0.25) is 0 Å². The molecular weight excluding hydrogens is 226 g/mol. The van der Waals surface area contributed by atoms with E-state index in [4.69, 9.17) is 9.47 Å². The van der Waals surface area contributed by atoms with Crippen molar-refractivity contribution in [2.75, 3.05) is 20.3 Å². The van der Waals surface area contributed by atoms with E-state index >= 15 is 0 Å². The van der Waals surface area contributed by atoms with Crippen LogP contribution in [-0.4, -0.2) is 26.4 Å². The summed E-state index contributed by atoms with van der Waals surface area (Å²) in [6.07, 6.45) is 4.77. The highest BCUT2D eigenvalue weighted by Crippen LogP contribution is 2.34. The van der Waals surface area contributed by atoms with Gasteiger partial charge in [-0.15, -0.1) is 0 Å². The predicted octanol–water partition coefficient (Wildman–Crippen LogP) is 2.45. The van der Waals surface area contributed by atoms with E-state index in [9.17, 15) is 0 Å². The molecule has 0 spiro atoms. The van der Waals surface area contributed by atoms with Gasteiger partial charge in [0.1, 0.15) is 5.75 Å². The number of hydrogen-bond acceptors (Lipinski definition) is 3. The van der Waals surface area contributed by atoms with Gasteiger partial charge in [0.25, 0.3) is 0 Å². The number of hydrogen-bond donors (Lipinski definition) is 1. The first kappa shape index (κ1) is 12.0. The number of ether oxygens (including phenoxy) is 2. The molecule has 0 bridgehead atoms. The van der Waals surface area contributed by atoms with E-state index < -0.39 is 0 Å². The van der Waals surface area contributed by atoms with Gasteiger partial charge in [-0.2, -0.15) is 0 Å². The van der Waals surface area contributed by atoms with E-state index in [1.54, 1.807) is 7.11 Å². The standard InChI is InChI=1S/C15H21NO2/c1-17-13-6-4-11-5-7-15(14(11)9-13)16-12-3-2-8-18-10-12/h4,6,9,12,15-16H,2-3,5,7-8,10H2,1H3. The normalized spacial score (nSPS) is 26.9. The van der Waals surface area contributed by atoms with Crippen molar-refractivity contribution in [1.82, 2.24) is 5.32 Å². The lowest BCUT2D eigenvalue weighted by atomic mass is 10.0. The van der Waals surface area contributed by atoms with Crippen molar-refractivity contribution in [2.45, 2.75) is 37.8 Å². The molecule has 1 aliphatic heterocycles. The highest BCUT2D eigenvalue weighted by atomic mass is 16.5. The van der Waals surface area contributed by atoms with Crippen molar-refractivity contribution in [3.63, 3.8) is 0 Å². The molecule has 2 aliphatic rings. The van der Waals surface area contributed by atoms with E-state index in [0.29, 0.717) is 12.1 Å². The van der Waals surface area contributed by atoms with Crippen LogP contribution in [0.5, 0.6) is 5.75 Å². The van der Waals surface area contributed by atoms with Crippen LogP contribution in [0.15, 0.2) is 18.2 Å². The Bertz CT molecular complexity index is 413. The van der Waals surface area contributed by atoms with Crippen molar-refractivity contribution >= 4 is 0 Å². The monoisotopic (exact) mass is 247 g/mol. The molecule has 98 valence electrons. The zero-order valence-electron chi connectivity index (χ0n) is 10.9. The third-order valence-electron chi connectivity index (χ3n) is 4.03. The summed E-state index contributed by atoms with van der Waals surface area (Å²) in [5, 5.41) is 3.74. The van der Waals surface area contributed by atoms with Crippen LogP contribution < -0.4 is 10.1 Å². The Balaban J connectivity index is 1.72. The molecule has 2 unspecified atom stereocenters. The van der Waals surface area contributed by atoms with Crippen LogP contribution in [0, 0.1) is 0 Å². The fourth-order valence-corrected chi connectivity index (χ4v) is 3.04. The van der Waals surface area contributed by atoms with Crippen LogP contribution in [0.25, 0.3) is 0 Å². The molecule has 1 fully saturated rings. The Labute approximate surface area is 108 Å². The molecule has 0 saturated carbocycles. The minimum Gasteiger partial charge on any atom is -0.497 e. The van der Waals surface area contributed by atoms with E-state index in [1.165, 1.54) is 36.8 Å². The molecule has 0 aromatic heterocycles. The van der Waals surface area contributed by atoms with Crippen LogP contribution >= 0.6 is 0 Å². The zero-order valence-corrected chi connectivity index (χ0v) is 10.9. The van der Waals surface area contributed by atoms with E-state index in [1.807, 2.05) is 0 Å². The molecule has 1 saturated heterocycles. The minimum absolute atomic E-state index is 0.474. The Kier molecular flexibility index (Phi) is 3.52. The molecule has 1 aromatic rings. The number of methoxy groups -OCH3 is 1. The molecular formula is C15H21NO2. The Morgan fingerprint density at radius 2 is 2.28 bits per heavy atom. The number of benzene rings is 1. The maximum absolute atomic E-state index is 5.54. The molecule has 1 heterocycles. The molecule has 1 aromatic carbocycles. The van der Waals surface area contributed by atoms with Gasteiger partial charge in [0.15, 0.2) is 0 Å². The van der Waals surface area contributed by atoms with Gasteiger partial charge in [-0.25, -0.2) is 0 Å². The zero-order chi connectivity index (χ0) is 12.4. The Morgan fingerprint density at radius 1 is 1.33 bits per heavy atom. The average molecular weight is 247 g/mol. The summed E-state index contributed by atoms with van der Waals surface area (Å²) in [5.41, 5.74) is 2.88. The summed E-state index contributed by atoms with van der Waals surface area (Å²) in [6.45, 7) is 1.78. The van der Waals surface area contributed by atoms with E-state index in [-0.39, 0.29) is 0 Å². The van der Waals surface area contributed by atoms with Crippen LogP contribution in [0.1, 0.15) is 36.4 Å². The first-order valence-corrected chi connectivity index (χ1v) is 6.87. The number of rotatable bonds is 3. The first-order valence-electron chi connectivity index (χ1n) is 6.87. The summed E-state index contributed by atoms with van der Waals surface area (Å²) in [7, 11) is 1.73. The maximum Gasteiger partial charge on any atom is 0.119 e. The third-order valence-corrected chi connectivity index (χ3v) is 4.03. The SMILES string of the molecule is COc1ccc2c(c1)C(NC1CCCOC1)CC2. The highest BCUT2D eigenvalue weighted by Gasteiger charge is 2.26. The van der Waals surface area contributed by atoms with Crippen molar-refractivity contribution in [1.29, 1.82) is 0 Å². The third kappa shape index (κ3) is 2.38. The molecule has 18 heavy (non-hydrogen) atoms. The topological polar surface area (TPSA) is 30.5 Å². The Morgan fingerprint density at radius 3 is 3.06 bits per heavy atom. The summed E-state index contributed by atoms with van der Waals surface area (Å²) >= 11 is 0. The average Bonchev–Trinajstić information content (AvgIpc) is 2.82. The van der Waals surface area contributed by atoms with Crippen molar-refractivity contribution in [2.24, 2.45) is 0 Å². The Hall–Kier alpha value is -1.06. The summed E-state index contributed by atoms with van der Waals surface area (Å²) in [6, 6.07) is 7.43. The molecule has 0 radical (unpaired) electrons. The number of fused-ring (bicyclic) bond motifs is 1. The highest BCUT2D eigenvalue weighted by molar-refractivity contribution is 5.40. The van der Waals surface area contributed by atoms with Gasteiger partial charge in [0.05, 0.1) is 13.7 Å². The first-order chi connectivity index (χ1) is 8.86. The van der Waals surface area contributed by atoms with Crippen LogP contribution in [0.3, 0.4) is 0 Å². The smallest absolute Gasteiger partial charge is 0.119 e. The van der Waals surface area contributed by atoms with E-state index in [2.05, 4.69) is 23.5 Å². The molecule has 1 aliphatic carbocycles. The fraction of sp³-hybridized carbons (Fsp3) is 0.600. The largest absolute Gasteiger partial charge is 0.497 e.